The highest BCUT2D eigenvalue weighted by molar-refractivity contribution is 6.34. The van der Waals surface area contributed by atoms with Gasteiger partial charge in [0.15, 0.2) is 0 Å². The molecule has 1 aliphatic rings. The number of hydrogen-bond acceptors (Lipinski definition) is 7. The highest BCUT2D eigenvalue weighted by atomic mass is 35.5. The number of H-pyrrole nitrogens is 1. The summed E-state index contributed by atoms with van der Waals surface area (Å²) in [5.41, 5.74) is 0.747. The van der Waals surface area contributed by atoms with Crippen LogP contribution in [0.2, 0.25) is 5.02 Å². The number of pyridine rings is 1. The van der Waals surface area contributed by atoms with Crippen molar-refractivity contribution in [3.63, 3.8) is 0 Å². The van der Waals surface area contributed by atoms with Gasteiger partial charge in [-0.1, -0.05) is 23.7 Å². The number of hydrogen-bond donors (Lipinski definition) is 3. The Morgan fingerprint density at radius 2 is 1.88 bits per heavy atom. The number of carbonyl (C=O) groups is 2. The van der Waals surface area contributed by atoms with Crippen molar-refractivity contribution in [2.24, 2.45) is 0 Å². The van der Waals surface area contributed by atoms with E-state index >= 15 is 0 Å². The normalized spacial score (nSPS) is 14.6. The third-order valence-corrected chi connectivity index (χ3v) is 7.23. The van der Waals surface area contributed by atoms with Crippen molar-refractivity contribution in [1.82, 2.24) is 25.2 Å². The number of nitrogens with one attached hydrogen (secondary N) is 3. The molecule has 2 aromatic carbocycles. The monoisotopic (exact) mass is 577 g/mol. The first-order valence-corrected chi connectivity index (χ1v) is 13.5. The molecule has 0 aliphatic carbocycles. The van der Waals surface area contributed by atoms with Crippen LogP contribution in [0.4, 0.5) is 16.0 Å². The summed E-state index contributed by atoms with van der Waals surface area (Å²) >= 11 is 6.30. The lowest BCUT2D eigenvalue weighted by atomic mass is 10.1. The number of fused-ring (bicyclic) bond motifs is 1. The fourth-order valence-electron chi connectivity index (χ4n) is 4.64. The molecule has 5 rings (SSSR count). The first-order valence-electron chi connectivity index (χ1n) is 13.2. The number of carbonyl (C=O) groups excluding carboxylic acids is 2. The molecule has 12 heteroatoms. The molecule has 1 atom stereocenters. The lowest BCUT2D eigenvalue weighted by molar-refractivity contribution is 0.0938. The van der Waals surface area contributed by atoms with Crippen molar-refractivity contribution >= 4 is 46.1 Å². The van der Waals surface area contributed by atoms with Gasteiger partial charge in [0.05, 0.1) is 10.7 Å². The minimum absolute atomic E-state index is 0.150. The van der Waals surface area contributed by atoms with Crippen molar-refractivity contribution in [1.29, 1.82) is 0 Å². The molecule has 0 unspecified atom stereocenters. The molecule has 1 saturated heterocycles. The number of benzene rings is 2. The minimum atomic E-state index is -0.699. The van der Waals surface area contributed by atoms with Crippen molar-refractivity contribution in [2.45, 2.75) is 19.4 Å². The summed E-state index contributed by atoms with van der Waals surface area (Å²) in [6.45, 7) is 5.13. The Labute approximate surface area is 240 Å². The van der Waals surface area contributed by atoms with Crippen LogP contribution in [0.25, 0.3) is 11.0 Å². The Hall–Kier alpha value is -4.35. The smallest absolute Gasteiger partial charge is 0.262 e. The van der Waals surface area contributed by atoms with E-state index in [1.165, 1.54) is 36.4 Å². The number of nitrogens with zero attached hydrogens (tertiary/aromatic N) is 4. The second-order valence-electron chi connectivity index (χ2n) is 10.1. The van der Waals surface area contributed by atoms with Gasteiger partial charge < -0.3 is 25.4 Å². The number of rotatable bonds is 7. The molecule has 0 bridgehead atoms. The third-order valence-electron chi connectivity index (χ3n) is 6.90. The molecule has 2 aromatic heterocycles. The summed E-state index contributed by atoms with van der Waals surface area (Å²) in [7, 11) is 2.05. The summed E-state index contributed by atoms with van der Waals surface area (Å²) in [6, 6.07) is 11.8. The van der Waals surface area contributed by atoms with Gasteiger partial charge in [-0.3, -0.25) is 14.4 Å². The summed E-state index contributed by atoms with van der Waals surface area (Å²) in [4.78, 5) is 54.7. The van der Waals surface area contributed by atoms with Gasteiger partial charge in [-0.2, -0.15) is 4.98 Å². The zero-order valence-corrected chi connectivity index (χ0v) is 23.3. The molecule has 3 heterocycles. The van der Waals surface area contributed by atoms with Crippen LogP contribution in [0.1, 0.15) is 33.2 Å². The Balaban J connectivity index is 1.29. The van der Waals surface area contributed by atoms with E-state index in [0.29, 0.717) is 23.4 Å². The van der Waals surface area contributed by atoms with Crippen LogP contribution in [-0.4, -0.2) is 70.9 Å². The predicted octanol–water partition coefficient (Wildman–Crippen LogP) is 3.48. The van der Waals surface area contributed by atoms with Gasteiger partial charge in [0, 0.05) is 49.4 Å². The molecular formula is C29H29ClFN7O3. The molecule has 212 valence electrons. The van der Waals surface area contributed by atoms with Crippen molar-refractivity contribution in [3.05, 3.63) is 92.6 Å². The Bertz CT molecular complexity index is 1670. The van der Waals surface area contributed by atoms with E-state index in [1.54, 1.807) is 18.3 Å². The van der Waals surface area contributed by atoms with E-state index in [-0.39, 0.29) is 33.7 Å². The minimum Gasteiger partial charge on any atom is -0.349 e. The van der Waals surface area contributed by atoms with E-state index in [4.69, 9.17) is 11.6 Å². The van der Waals surface area contributed by atoms with Gasteiger partial charge in [0.2, 0.25) is 5.95 Å². The van der Waals surface area contributed by atoms with Crippen molar-refractivity contribution in [2.75, 3.05) is 43.4 Å². The van der Waals surface area contributed by atoms with Gasteiger partial charge >= 0.3 is 0 Å². The number of piperazine rings is 1. The van der Waals surface area contributed by atoms with E-state index in [9.17, 15) is 18.8 Å². The van der Waals surface area contributed by atoms with Crippen molar-refractivity contribution < 1.29 is 14.0 Å². The second-order valence-corrected chi connectivity index (χ2v) is 10.5. The quantitative estimate of drug-likeness (QED) is 0.307. The SMILES string of the molecule is C[C@@H](Cc1cccc(F)c1)NC(=O)c1ccc(Cl)c(NC(=O)c2cc3cnc(N4CCN(C)CC4)nc3[nH]c2=O)c1. The summed E-state index contributed by atoms with van der Waals surface area (Å²) in [5.74, 6) is -0.911. The molecule has 1 fully saturated rings. The average molecular weight is 578 g/mol. The number of anilines is 2. The van der Waals surface area contributed by atoms with Gasteiger partial charge in [0.25, 0.3) is 17.4 Å². The topological polar surface area (TPSA) is 123 Å². The van der Waals surface area contributed by atoms with Crippen molar-refractivity contribution in [3.8, 4) is 0 Å². The molecule has 1 aliphatic heterocycles. The van der Waals surface area contributed by atoms with Gasteiger partial charge in [0.1, 0.15) is 17.0 Å². The summed E-state index contributed by atoms with van der Waals surface area (Å²) in [6.07, 6.45) is 2.01. The lowest BCUT2D eigenvalue weighted by Crippen LogP contribution is -2.45. The van der Waals surface area contributed by atoms with E-state index in [0.717, 1.165) is 31.7 Å². The van der Waals surface area contributed by atoms with Gasteiger partial charge in [-0.25, -0.2) is 9.37 Å². The first kappa shape index (κ1) is 28.2. The van der Waals surface area contributed by atoms with Gasteiger partial charge in [-0.15, -0.1) is 0 Å². The fourth-order valence-corrected chi connectivity index (χ4v) is 4.80. The zero-order valence-electron chi connectivity index (χ0n) is 22.6. The molecule has 0 saturated carbocycles. The molecule has 41 heavy (non-hydrogen) atoms. The van der Waals surface area contributed by atoms with Gasteiger partial charge in [-0.05, 0) is 62.4 Å². The molecular weight excluding hydrogens is 549 g/mol. The molecule has 2 amide bonds. The molecule has 0 spiro atoms. The van der Waals surface area contributed by atoms with Crippen LogP contribution < -0.4 is 21.1 Å². The third kappa shape index (κ3) is 6.69. The van der Waals surface area contributed by atoms with Crippen LogP contribution in [0, 0.1) is 5.82 Å². The van der Waals surface area contributed by atoms with E-state index in [2.05, 4.69) is 37.5 Å². The lowest BCUT2D eigenvalue weighted by Gasteiger charge is -2.32. The maximum atomic E-state index is 13.5. The van der Waals surface area contributed by atoms with Crippen LogP contribution in [0.5, 0.6) is 0 Å². The maximum absolute atomic E-state index is 13.5. The number of aromatic nitrogens is 3. The maximum Gasteiger partial charge on any atom is 0.262 e. The fraction of sp³-hybridized carbons (Fsp3) is 0.276. The summed E-state index contributed by atoms with van der Waals surface area (Å²) < 4.78 is 13.5. The standard InChI is InChI=1S/C29H29ClFN7O3/c1-17(12-18-4-3-5-21(31)13-18)33-26(39)19-6-7-23(30)24(15-19)34-27(40)22-14-20-16-32-29(36-25(20)35-28(22)41)38-10-8-37(2)9-11-38/h3-7,13-17H,8-12H2,1-2H3,(H,33,39)(H,34,40)(H,32,35,36,41)/t17-/m0/s1. The zero-order chi connectivity index (χ0) is 29.1. The highest BCUT2D eigenvalue weighted by Crippen LogP contribution is 2.24. The Morgan fingerprint density at radius 1 is 1.10 bits per heavy atom. The second kappa shape index (κ2) is 12.0. The van der Waals surface area contributed by atoms with Crippen LogP contribution in [-0.2, 0) is 6.42 Å². The van der Waals surface area contributed by atoms with E-state index < -0.39 is 17.4 Å². The van der Waals surface area contributed by atoms with Crippen LogP contribution in [0.15, 0.2) is 59.5 Å². The largest absolute Gasteiger partial charge is 0.349 e. The Morgan fingerprint density at radius 3 is 2.63 bits per heavy atom. The molecule has 4 aromatic rings. The molecule has 3 N–H and O–H groups in total. The number of likely N-dealkylation sites (N-methyl/N-ethyl adjacent to an activating group) is 1. The number of amides is 2. The number of halogens is 2. The van der Waals surface area contributed by atoms with Crippen LogP contribution in [0.3, 0.4) is 0 Å². The Kier molecular flexibility index (Phi) is 8.27. The van der Waals surface area contributed by atoms with Crippen LogP contribution >= 0.6 is 11.6 Å². The average Bonchev–Trinajstić information content (AvgIpc) is 2.93. The molecule has 10 nitrogen and oxygen atoms in total. The highest BCUT2D eigenvalue weighted by Gasteiger charge is 2.20. The number of aromatic amines is 1. The predicted molar refractivity (Wildman–Crippen MR) is 156 cm³/mol. The molecule has 0 radical (unpaired) electrons. The summed E-state index contributed by atoms with van der Waals surface area (Å²) in [5, 5.41) is 6.18. The van der Waals surface area contributed by atoms with E-state index in [1.807, 2.05) is 11.8 Å². The first-order chi connectivity index (χ1) is 19.7.